The molecule has 2 amide bonds. The summed E-state index contributed by atoms with van der Waals surface area (Å²) >= 11 is 1.24. The number of carbonyl (C=O) groups is 3. The Labute approximate surface area is 174 Å². The molecule has 1 aromatic carbocycles. The Balaban J connectivity index is 1.95. The van der Waals surface area contributed by atoms with Gasteiger partial charge in [-0.05, 0) is 26.3 Å². The van der Waals surface area contributed by atoms with Crippen molar-refractivity contribution in [1.29, 1.82) is 0 Å². The van der Waals surface area contributed by atoms with Gasteiger partial charge in [0, 0.05) is 18.7 Å². The van der Waals surface area contributed by atoms with Crippen LogP contribution < -0.4 is 5.32 Å². The maximum Gasteiger partial charge on any atom is 0.408 e. The van der Waals surface area contributed by atoms with E-state index in [1.165, 1.54) is 23.8 Å². The van der Waals surface area contributed by atoms with Crippen LogP contribution in [0.2, 0.25) is 0 Å². The molecule has 0 aliphatic carbocycles. The van der Waals surface area contributed by atoms with Crippen LogP contribution >= 0.6 is 11.8 Å². The molecule has 2 N–H and O–H groups in total. The number of aliphatic hydroxyl groups is 1. The number of hydrogen-bond acceptors (Lipinski definition) is 7. The fourth-order valence-electron chi connectivity index (χ4n) is 2.83. The Kier molecular flexibility index (Phi) is 7.92. The summed E-state index contributed by atoms with van der Waals surface area (Å²) in [6, 6.07) is 8.45. The monoisotopic (exact) mass is 424 g/mol. The number of alkyl carbamates (subject to hydrolysis) is 1. The maximum atomic E-state index is 12.3. The van der Waals surface area contributed by atoms with Crippen LogP contribution in [0.15, 0.2) is 30.3 Å². The Bertz CT molecular complexity index is 721. The number of esters is 1. The molecule has 2 unspecified atom stereocenters. The highest BCUT2D eigenvalue weighted by atomic mass is 32.2. The number of thioether (sulfide) groups is 1. The first kappa shape index (κ1) is 23.0. The molecule has 29 heavy (non-hydrogen) atoms. The number of methoxy groups -OCH3 is 1. The van der Waals surface area contributed by atoms with Crippen molar-refractivity contribution in [3.8, 4) is 0 Å². The van der Waals surface area contributed by atoms with Gasteiger partial charge in [0.05, 0.1) is 12.4 Å². The number of benzene rings is 1. The molecule has 8 nitrogen and oxygen atoms in total. The highest BCUT2D eigenvalue weighted by molar-refractivity contribution is 8.00. The zero-order valence-electron chi connectivity index (χ0n) is 17.1. The number of aliphatic hydroxyl groups excluding tert-OH is 1. The molecule has 0 bridgehead atoms. The number of nitrogens with zero attached hydrogens (tertiary/aromatic N) is 1. The average molecular weight is 425 g/mol. The Hall–Kier alpha value is -2.26. The SMILES string of the molecule is COC(=O)[C@H](CSC1CC(=O)N(Cc2ccccc2)C1O)NC(=O)OC(C)(C)C. The molecule has 160 valence electrons. The third-order valence-electron chi connectivity index (χ3n) is 4.20. The minimum atomic E-state index is -0.979. The highest BCUT2D eigenvalue weighted by Crippen LogP contribution is 2.30. The fourth-order valence-corrected chi connectivity index (χ4v) is 4.07. The summed E-state index contributed by atoms with van der Waals surface area (Å²) in [5, 5.41) is 12.7. The summed E-state index contributed by atoms with van der Waals surface area (Å²) in [6.07, 6.45) is -1.56. The van der Waals surface area contributed by atoms with Gasteiger partial charge in [-0.1, -0.05) is 30.3 Å². The predicted molar refractivity (Wildman–Crippen MR) is 109 cm³/mol. The topological polar surface area (TPSA) is 105 Å². The quantitative estimate of drug-likeness (QED) is 0.644. The van der Waals surface area contributed by atoms with Crippen molar-refractivity contribution in [3.63, 3.8) is 0 Å². The van der Waals surface area contributed by atoms with Crippen molar-refractivity contribution < 1.29 is 29.0 Å². The van der Waals surface area contributed by atoms with Crippen LogP contribution in [0, 0.1) is 0 Å². The molecular formula is C20H28N2O6S. The number of likely N-dealkylation sites (tertiary alicyclic amines) is 1. The summed E-state index contributed by atoms with van der Waals surface area (Å²) in [4.78, 5) is 37.8. The molecule has 0 saturated carbocycles. The molecular weight excluding hydrogens is 396 g/mol. The summed E-state index contributed by atoms with van der Waals surface area (Å²) < 4.78 is 9.92. The molecule has 1 fully saturated rings. The molecule has 0 radical (unpaired) electrons. The number of carbonyl (C=O) groups excluding carboxylic acids is 3. The summed E-state index contributed by atoms with van der Waals surface area (Å²) in [6.45, 7) is 5.47. The minimum Gasteiger partial charge on any atom is -0.467 e. The lowest BCUT2D eigenvalue weighted by Crippen LogP contribution is -2.46. The lowest BCUT2D eigenvalue weighted by molar-refractivity contribution is -0.142. The van der Waals surface area contributed by atoms with Gasteiger partial charge in [-0.15, -0.1) is 0 Å². The summed E-state index contributed by atoms with van der Waals surface area (Å²) in [7, 11) is 1.23. The van der Waals surface area contributed by atoms with Crippen molar-refractivity contribution in [2.45, 2.75) is 56.9 Å². The van der Waals surface area contributed by atoms with E-state index in [1.807, 2.05) is 30.3 Å². The average Bonchev–Trinajstić information content (AvgIpc) is 2.91. The van der Waals surface area contributed by atoms with Crippen molar-refractivity contribution >= 4 is 29.7 Å². The normalized spacial score (nSPS) is 20.3. The third-order valence-corrected chi connectivity index (χ3v) is 5.56. The first-order chi connectivity index (χ1) is 13.6. The van der Waals surface area contributed by atoms with E-state index in [1.54, 1.807) is 20.8 Å². The molecule has 2 rings (SSSR count). The van der Waals surface area contributed by atoms with Crippen LogP contribution in [0.25, 0.3) is 0 Å². The highest BCUT2D eigenvalue weighted by Gasteiger charge is 2.39. The van der Waals surface area contributed by atoms with Crippen LogP contribution in [0.3, 0.4) is 0 Å². The Morgan fingerprint density at radius 2 is 1.97 bits per heavy atom. The zero-order valence-corrected chi connectivity index (χ0v) is 17.9. The van der Waals surface area contributed by atoms with Gasteiger partial charge in [-0.3, -0.25) is 4.79 Å². The van der Waals surface area contributed by atoms with Crippen molar-refractivity contribution in [2.75, 3.05) is 12.9 Å². The van der Waals surface area contributed by atoms with Crippen molar-refractivity contribution in [1.82, 2.24) is 10.2 Å². The second-order valence-corrected chi connectivity index (χ2v) is 8.99. The van der Waals surface area contributed by atoms with E-state index in [0.29, 0.717) is 6.54 Å². The van der Waals surface area contributed by atoms with Gasteiger partial charge >= 0.3 is 12.1 Å². The number of amides is 2. The van der Waals surface area contributed by atoms with Gasteiger partial charge in [0.15, 0.2) is 0 Å². The first-order valence-electron chi connectivity index (χ1n) is 9.31. The van der Waals surface area contributed by atoms with Gasteiger partial charge in [-0.25, -0.2) is 9.59 Å². The molecule has 1 aliphatic heterocycles. The van der Waals surface area contributed by atoms with E-state index < -0.39 is 35.2 Å². The molecule has 1 saturated heterocycles. The van der Waals surface area contributed by atoms with Crippen molar-refractivity contribution in [3.05, 3.63) is 35.9 Å². The van der Waals surface area contributed by atoms with Crippen molar-refractivity contribution in [2.24, 2.45) is 0 Å². The second-order valence-electron chi connectivity index (χ2n) is 7.72. The van der Waals surface area contributed by atoms with Crippen LogP contribution in [0.1, 0.15) is 32.8 Å². The van der Waals surface area contributed by atoms with Crippen LogP contribution in [-0.4, -0.2) is 64.0 Å². The van der Waals surface area contributed by atoms with Gasteiger partial charge in [0.1, 0.15) is 17.9 Å². The van der Waals surface area contributed by atoms with E-state index in [2.05, 4.69) is 5.32 Å². The zero-order chi connectivity index (χ0) is 21.6. The lowest BCUT2D eigenvalue weighted by Gasteiger charge is -2.25. The second kappa shape index (κ2) is 9.98. The van der Waals surface area contributed by atoms with E-state index in [9.17, 15) is 19.5 Å². The van der Waals surface area contributed by atoms with Gasteiger partial charge in [0.25, 0.3) is 0 Å². The maximum absolute atomic E-state index is 12.3. The third kappa shape index (κ3) is 6.93. The molecule has 0 spiro atoms. The molecule has 1 heterocycles. The van der Waals surface area contributed by atoms with Gasteiger partial charge in [-0.2, -0.15) is 11.8 Å². The molecule has 9 heteroatoms. The smallest absolute Gasteiger partial charge is 0.408 e. The minimum absolute atomic E-state index is 0.139. The summed E-state index contributed by atoms with van der Waals surface area (Å²) in [5.74, 6) is -0.642. The van der Waals surface area contributed by atoms with E-state index in [4.69, 9.17) is 9.47 Å². The fraction of sp³-hybridized carbons (Fsp3) is 0.550. The lowest BCUT2D eigenvalue weighted by atomic mass is 10.2. The van der Waals surface area contributed by atoms with Crippen LogP contribution in [0.4, 0.5) is 4.79 Å². The Morgan fingerprint density at radius 3 is 2.55 bits per heavy atom. The largest absolute Gasteiger partial charge is 0.467 e. The van der Waals surface area contributed by atoms with Gasteiger partial charge in [0.2, 0.25) is 5.91 Å². The van der Waals surface area contributed by atoms with E-state index >= 15 is 0 Å². The van der Waals surface area contributed by atoms with Gasteiger partial charge < -0.3 is 24.8 Å². The molecule has 1 aliphatic rings. The van der Waals surface area contributed by atoms with E-state index in [-0.39, 0.29) is 18.1 Å². The molecule has 1 aromatic rings. The first-order valence-corrected chi connectivity index (χ1v) is 10.4. The number of hydrogen-bond donors (Lipinski definition) is 2. The van der Waals surface area contributed by atoms with E-state index in [0.717, 1.165) is 5.56 Å². The van der Waals surface area contributed by atoms with Crippen LogP contribution in [-0.2, 0) is 25.6 Å². The Morgan fingerprint density at radius 1 is 1.31 bits per heavy atom. The molecule has 0 aromatic heterocycles. The number of nitrogens with one attached hydrogen (secondary N) is 1. The number of rotatable bonds is 7. The van der Waals surface area contributed by atoms with Crippen LogP contribution in [0.5, 0.6) is 0 Å². The predicted octanol–water partition coefficient (Wildman–Crippen LogP) is 1.91. The standard InChI is InChI=1S/C20H28N2O6S/c1-20(2,3)28-19(26)21-14(18(25)27-4)12-29-15-10-16(23)22(17(15)24)11-13-8-6-5-7-9-13/h5-9,14-15,17,24H,10-12H2,1-4H3,(H,21,26)/t14-,15?,17?/m0/s1. The number of ether oxygens (including phenoxy) is 2. The summed E-state index contributed by atoms with van der Waals surface area (Å²) in [5.41, 5.74) is 0.216. The molecule has 3 atom stereocenters.